The second kappa shape index (κ2) is 9.91. The van der Waals surface area contributed by atoms with Crippen LogP contribution in [-0.4, -0.2) is 38.1 Å². The number of carbonyl (C=O) groups excluding carboxylic acids is 2. The number of rotatable bonds is 7. The van der Waals surface area contributed by atoms with Gasteiger partial charge in [-0.05, 0) is 48.2 Å². The molecule has 0 bridgehead atoms. The largest absolute Gasteiger partial charge is 0.484 e. The third kappa shape index (κ3) is 5.93. The normalized spacial score (nSPS) is 10.4. The first-order valence-corrected chi connectivity index (χ1v) is 9.81. The Morgan fingerprint density at radius 3 is 2.61 bits per heavy atom. The van der Waals surface area contributed by atoms with Crippen molar-refractivity contribution in [2.75, 3.05) is 6.61 Å². The molecule has 3 rings (SSSR count). The van der Waals surface area contributed by atoms with Crippen molar-refractivity contribution in [2.24, 2.45) is 7.05 Å². The van der Waals surface area contributed by atoms with Gasteiger partial charge in [-0.25, -0.2) is 0 Å². The topological polar surface area (TPSA) is 141 Å². The maximum absolute atomic E-state index is 12.3. The summed E-state index contributed by atoms with van der Waals surface area (Å²) in [5, 5.41) is 20.0. The van der Waals surface area contributed by atoms with Gasteiger partial charge in [0.05, 0.1) is 9.82 Å². The summed E-state index contributed by atoms with van der Waals surface area (Å²) < 4.78 is 6.87. The summed E-state index contributed by atoms with van der Waals surface area (Å²) in [6, 6.07) is 10.3. The number of hydrogen-bond acceptors (Lipinski definition) is 8. The lowest BCUT2D eigenvalue weighted by Crippen LogP contribution is -2.43. The Labute approximate surface area is 184 Å². The highest BCUT2D eigenvalue weighted by Gasteiger charge is 2.20. The van der Waals surface area contributed by atoms with Gasteiger partial charge < -0.3 is 9.30 Å². The third-order valence-electron chi connectivity index (χ3n) is 3.79. The molecule has 2 N–H and O–H groups in total. The molecule has 0 fully saturated rings. The van der Waals surface area contributed by atoms with E-state index in [4.69, 9.17) is 16.3 Å². The molecule has 0 saturated heterocycles. The number of nitro groups is 1. The molecule has 0 saturated carbocycles. The molecular weight excluding hydrogens is 448 g/mol. The van der Waals surface area contributed by atoms with Crippen LogP contribution in [0.2, 0.25) is 5.02 Å². The molecule has 3 aromatic rings. The van der Waals surface area contributed by atoms with E-state index < -0.39 is 16.7 Å². The van der Waals surface area contributed by atoms with Crippen LogP contribution >= 0.6 is 23.4 Å². The van der Waals surface area contributed by atoms with Crippen molar-refractivity contribution in [1.29, 1.82) is 0 Å². The maximum atomic E-state index is 12.3. The van der Waals surface area contributed by atoms with Crippen LogP contribution in [0.1, 0.15) is 10.4 Å². The zero-order chi connectivity index (χ0) is 22.4. The number of hydrogen-bond donors (Lipinski definition) is 2. The molecular formula is C18H15ClN6O5S. The molecule has 0 aliphatic rings. The number of halogens is 1. The fourth-order valence-corrected chi connectivity index (χ4v) is 3.24. The Kier molecular flexibility index (Phi) is 7.05. The molecule has 1 aromatic heterocycles. The molecule has 0 radical (unpaired) electrons. The van der Waals surface area contributed by atoms with Gasteiger partial charge in [-0.15, -0.1) is 10.2 Å². The summed E-state index contributed by atoms with van der Waals surface area (Å²) in [4.78, 5) is 35.3. The number of amides is 2. The van der Waals surface area contributed by atoms with Crippen LogP contribution in [0.4, 0.5) is 5.69 Å². The van der Waals surface area contributed by atoms with Crippen LogP contribution < -0.4 is 15.6 Å². The van der Waals surface area contributed by atoms with E-state index in [0.717, 1.165) is 17.8 Å². The van der Waals surface area contributed by atoms with Crippen LogP contribution in [0.25, 0.3) is 0 Å². The lowest BCUT2D eigenvalue weighted by molar-refractivity contribution is -0.387. The summed E-state index contributed by atoms with van der Waals surface area (Å²) >= 11 is 6.81. The van der Waals surface area contributed by atoms with E-state index >= 15 is 0 Å². The molecule has 31 heavy (non-hydrogen) atoms. The first-order chi connectivity index (χ1) is 14.8. The first kappa shape index (κ1) is 22.1. The molecule has 2 aromatic carbocycles. The average Bonchev–Trinajstić information content (AvgIpc) is 3.16. The highest BCUT2D eigenvalue weighted by molar-refractivity contribution is 7.99. The molecule has 11 nitrogen and oxygen atoms in total. The first-order valence-electron chi connectivity index (χ1n) is 8.61. The fraction of sp³-hybridized carbons (Fsp3) is 0.111. The molecule has 0 spiro atoms. The Balaban J connectivity index is 1.59. The predicted molar refractivity (Wildman–Crippen MR) is 111 cm³/mol. The minimum absolute atomic E-state index is 0.00654. The molecule has 0 aliphatic carbocycles. The second-order valence-electron chi connectivity index (χ2n) is 6.01. The monoisotopic (exact) mass is 462 g/mol. The number of hydrazine groups is 1. The number of benzene rings is 2. The maximum Gasteiger partial charge on any atom is 0.284 e. The number of ether oxygens (including phenoxy) is 1. The summed E-state index contributed by atoms with van der Waals surface area (Å²) in [6.07, 6.45) is 1.47. The van der Waals surface area contributed by atoms with Crippen LogP contribution in [0.3, 0.4) is 0 Å². The number of nitrogens with one attached hydrogen (secondary N) is 2. The van der Waals surface area contributed by atoms with E-state index in [9.17, 15) is 19.7 Å². The minimum Gasteiger partial charge on any atom is -0.484 e. The molecule has 160 valence electrons. The van der Waals surface area contributed by atoms with Crippen LogP contribution in [0.15, 0.2) is 58.8 Å². The van der Waals surface area contributed by atoms with Crippen molar-refractivity contribution >= 4 is 40.9 Å². The standard InChI is InChI=1S/C18H15ClN6O5S/c1-24-10-20-23-18(24)31-15-7-2-11(8-14(15)25(28)29)17(27)22-21-16(26)9-30-13-5-3-12(19)4-6-13/h2-8,10H,9H2,1H3,(H,21,26)(H,22,27). The lowest BCUT2D eigenvalue weighted by Gasteiger charge is -2.09. The van der Waals surface area contributed by atoms with Crippen LogP contribution in [0.5, 0.6) is 5.75 Å². The van der Waals surface area contributed by atoms with Crippen LogP contribution in [0, 0.1) is 10.1 Å². The smallest absolute Gasteiger partial charge is 0.284 e. The Morgan fingerprint density at radius 1 is 1.23 bits per heavy atom. The van der Waals surface area contributed by atoms with Gasteiger partial charge in [0.1, 0.15) is 12.1 Å². The van der Waals surface area contributed by atoms with E-state index in [2.05, 4.69) is 21.0 Å². The molecule has 0 atom stereocenters. The molecule has 13 heteroatoms. The predicted octanol–water partition coefficient (Wildman–Crippen LogP) is 2.37. The lowest BCUT2D eigenvalue weighted by atomic mass is 10.2. The highest BCUT2D eigenvalue weighted by Crippen LogP contribution is 2.34. The van der Waals surface area contributed by atoms with Gasteiger partial charge in [-0.2, -0.15) is 0 Å². The van der Waals surface area contributed by atoms with E-state index in [0.29, 0.717) is 15.9 Å². The van der Waals surface area contributed by atoms with Gasteiger partial charge in [0.15, 0.2) is 11.8 Å². The van der Waals surface area contributed by atoms with Gasteiger partial charge >= 0.3 is 0 Å². The Hall–Kier alpha value is -3.64. The van der Waals surface area contributed by atoms with E-state index in [1.165, 1.54) is 18.5 Å². The van der Waals surface area contributed by atoms with Crippen molar-refractivity contribution in [1.82, 2.24) is 25.6 Å². The Morgan fingerprint density at radius 2 is 1.97 bits per heavy atom. The zero-order valence-corrected chi connectivity index (χ0v) is 17.5. The summed E-state index contributed by atoms with van der Waals surface area (Å²) in [5.74, 6) is -0.914. The van der Waals surface area contributed by atoms with Crippen molar-refractivity contribution in [3.8, 4) is 5.75 Å². The number of aromatic nitrogens is 3. The van der Waals surface area contributed by atoms with Crippen molar-refractivity contribution in [3.05, 3.63) is 69.5 Å². The minimum atomic E-state index is -0.724. The van der Waals surface area contributed by atoms with Crippen LogP contribution in [-0.2, 0) is 11.8 Å². The third-order valence-corrected chi connectivity index (χ3v) is 5.16. The van der Waals surface area contributed by atoms with E-state index in [1.54, 1.807) is 35.9 Å². The van der Waals surface area contributed by atoms with Crippen molar-refractivity contribution in [3.63, 3.8) is 0 Å². The molecule has 1 heterocycles. The van der Waals surface area contributed by atoms with Gasteiger partial charge in [0.25, 0.3) is 17.5 Å². The molecule has 0 aliphatic heterocycles. The van der Waals surface area contributed by atoms with Gasteiger partial charge in [0, 0.05) is 23.7 Å². The Bertz CT molecular complexity index is 1120. The molecule has 0 unspecified atom stereocenters. The van der Waals surface area contributed by atoms with Crippen molar-refractivity contribution < 1.29 is 19.2 Å². The number of nitrogens with zero attached hydrogens (tertiary/aromatic N) is 4. The van der Waals surface area contributed by atoms with E-state index in [-0.39, 0.29) is 22.8 Å². The summed E-state index contributed by atoms with van der Waals surface area (Å²) in [7, 11) is 1.70. The zero-order valence-electron chi connectivity index (χ0n) is 15.9. The summed E-state index contributed by atoms with van der Waals surface area (Å²) in [6.45, 7) is -0.352. The summed E-state index contributed by atoms with van der Waals surface area (Å²) in [5.41, 5.74) is 4.09. The fourth-order valence-electron chi connectivity index (χ4n) is 2.27. The molecule has 2 amide bonds. The number of carbonyl (C=O) groups is 2. The number of aryl methyl sites for hydroxylation is 1. The number of nitro benzene ring substituents is 1. The second-order valence-corrected chi connectivity index (χ2v) is 7.46. The highest BCUT2D eigenvalue weighted by atomic mass is 35.5. The SMILES string of the molecule is Cn1cnnc1Sc1ccc(C(=O)NNC(=O)COc2ccc(Cl)cc2)cc1[N+](=O)[O-]. The van der Waals surface area contributed by atoms with Gasteiger partial charge in [-0.1, -0.05) is 11.6 Å². The van der Waals surface area contributed by atoms with Gasteiger partial charge in [-0.3, -0.25) is 30.6 Å². The average molecular weight is 463 g/mol. The van der Waals surface area contributed by atoms with Crippen molar-refractivity contribution in [2.45, 2.75) is 10.1 Å². The quantitative estimate of drug-likeness (QED) is 0.402. The van der Waals surface area contributed by atoms with Gasteiger partial charge in [0.2, 0.25) is 0 Å². The van der Waals surface area contributed by atoms with E-state index in [1.807, 2.05) is 0 Å².